The minimum Gasteiger partial charge on any atom is -0.302 e. The first kappa shape index (κ1) is 10.4. The van der Waals surface area contributed by atoms with Gasteiger partial charge in [-0.25, -0.2) is 0 Å². The molecule has 1 heterocycles. The van der Waals surface area contributed by atoms with Crippen molar-refractivity contribution in [1.29, 1.82) is 0 Å². The first-order chi connectivity index (χ1) is 6.89. The number of benzene rings is 1. The van der Waals surface area contributed by atoms with Crippen molar-refractivity contribution in [2.24, 2.45) is 7.05 Å². The van der Waals surface area contributed by atoms with Crippen LogP contribution in [0, 0.1) is 0 Å². The SMILES string of the molecule is Cn1c(=O)sc2cc(C(C)(C)C)ccc21. The number of rotatable bonds is 0. The average Bonchev–Trinajstić information content (AvgIpc) is 2.41. The topological polar surface area (TPSA) is 22.0 Å². The molecule has 0 radical (unpaired) electrons. The molecule has 15 heavy (non-hydrogen) atoms. The highest BCUT2D eigenvalue weighted by Gasteiger charge is 2.15. The number of nitrogens with zero attached hydrogens (tertiary/aromatic N) is 1. The molecule has 0 bridgehead atoms. The maximum Gasteiger partial charge on any atom is 0.307 e. The van der Waals surface area contributed by atoms with E-state index in [-0.39, 0.29) is 10.3 Å². The van der Waals surface area contributed by atoms with E-state index < -0.39 is 0 Å². The predicted molar refractivity (Wildman–Crippen MR) is 65.8 cm³/mol. The molecule has 3 heteroatoms. The van der Waals surface area contributed by atoms with Crippen molar-refractivity contribution in [2.45, 2.75) is 26.2 Å². The summed E-state index contributed by atoms with van der Waals surface area (Å²) in [6.45, 7) is 6.54. The highest BCUT2D eigenvalue weighted by atomic mass is 32.1. The van der Waals surface area contributed by atoms with E-state index in [4.69, 9.17) is 0 Å². The summed E-state index contributed by atoms with van der Waals surface area (Å²) in [7, 11) is 1.82. The molecule has 0 amide bonds. The third-order valence-electron chi connectivity index (χ3n) is 2.66. The largest absolute Gasteiger partial charge is 0.307 e. The monoisotopic (exact) mass is 221 g/mol. The van der Waals surface area contributed by atoms with Gasteiger partial charge in [-0.2, -0.15) is 0 Å². The summed E-state index contributed by atoms with van der Waals surface area (Å²) in [6, 6.07) is 6.27. The number of fused-ring (bicyclic) bond motifs is 1. The third kappa shape index (κ3) is 1.72. The van der Waals surface area contributed by atoms with Crippen LogP contribution in [0.25, 0.3) is 10.2 Å². The van der Waals surface area contributed by atoms with E-state index in [0.717, 1.165) is 10.2 Å². The fourth-order valence-electron chi connectivity index (χ4n) is 1.60. The number of thiazole rings is 1. The van der Waals surface area contributed by atoms with Gasteiger partial charge in [0.05, 0.1) is 10.2 Å². The molecule has 0 aliphatic carbocycles. The molecule has 0 atom stereocenters. The standard InChI is InChI=1S/C12H15NOS/c1-12(2,3)8-5-6-9-10(7-8)15-11(14)13(9)4/h5-7H,1-4H3. The van der Waals surface area contributed by atoms with Crippen molar-refractivity contribution in [2.75, 3.05) is 0 Å². The minimum atomic E-state index is 0.107. The Labute approximate surface area is 93.2 Å². The lowest BCUT2D eigenvalue weighted by Gasteiger charge is -2.18. The average molecular weight is 221 g/mol. The lowest BCUT2D eigenvalue weighted by atomic mass is 9.87. The zero-order chi connectivity index (χ0) is 11.2. The summed E-state index contributed by atoms with van der Waals surface area (Å²) in [5, 5.41) is 0. The van der Waals surface area contributed by atoms with Gasteiger partial charge in [0, 0.05) is 7.05 Å². The van der Waals surface area contributed by atoms with E-state index in [0.29, 0.717) is 0 Å². The van der Waals surface area contributed by atoms with Crippen LogP contribution in [0.1, 0.15) is 26.3 Å². The van der Waals surface area contributed by atoms with Crippen molar-refractivity contribution < 1.29 is 0 Å². The van der Waals surface area contributed by atoms with Crippen molar-refractivity contribution in [1.82, 2.24) is 4.57 Å². The lowest BCUT2D eigenvalue weighted by Crippen LogP contribution is -2.10. The Morgan fingerprint density at radius 2 is 1.93 bits per heavy atom. The fourth-order valence-corrected chi connectivity index (χ4v) is 2.52. The summed E-state index contributed by atoms with van der Waals surface area (Å²) in [6.07, 6.45) is 0. The minimum absolute atomic E-state index is 0.107. The van der Waals surface area contributed by atoms with E-state index in [9.17, 15) is 4.79 Å². The number of hydrogen-bond donors (Lipinski definition) is 0. The molecule has 0 fully saturated rings. The molecule has 0 saturated carbocycles. The Kier molecular flexibility index (Phi) is 2.23. The van der Waals surface area contributed by atoms with Crippen molar-refractivity contribution in [3.8, 4) is 0 Å². The second kappa shape index (κ2) is 3.20. The van der Waals surface area contributed by atoms with Crippen LogP contribution >= 0.6 is 11.3 Å². The third-order valence-corrected chi connectivity index (χ3v) is 3.65. The maximum atomic E-state index is 11.5. The van der Waals surface area contributed by atoms with Gasteiger partial charge in [0.1, 0.15) is 0 Å². The highest BCUT2D eigenvalue weighted by Crippen LogP contribution is 2.26. The maximum absolute atomic E-state index is 11.5. The number of aryl methyl sites for hydroxylation is 1. The van der Waals surface area contributed by atoms with Gasteiger partial charge in [-0.3, -0.25) is 4.79 Å². The van der Waals surface area contributed by atoms with Crippen molar-refractivity contribution in [3.05, 3.63) is 33.4 Å². The van der Waals surface area contributed by atoms with Gasteiger partial charge in [0.25, 0.3) is 0 Å². The zero-order valence-electron chi connectivity index (χ0n) is 9.50. The molecular weight excluding hydrogens is 206 g/mol. The Morgan fingerprint density at radius 3 is 2.53 bits per heavy atom. The van der Waals surface area contributed by atoms with Crippen LogP contribution in [0.4, 0.5) is 0 Å². The van der Waals surface area contributed by atoms with Gasteiger partial charge in [-0.15, -0.1) is 0 Å². The van der Waals surface area contributed by atoms with E-state index >= 15 is 0 Å². The van der Waals surface area contributed by atoms with Crippen LogP contribution in [-0.2, 0) is 12.5 Å². The zero-order valence-corrected chi connectivity index (χ0v) is 10.3. The van der Waals surface area contributed by atoms with E-state index in [1.807, 2.05) is 13.1 Å². The molecule has 1 aromatic heterocycles. The van der Waals surface area contributed by atoms with Crippen LogP contribution in [0.15, 0.2) is 23.0 Å². The second-order valence-electron chi connectivity index (χ2n) is 4.86. The summed E-state index contributed by atoms with van der Waals surface area (Å²) in [5.41, 5.74) is 2.44. The quantitative estimate of drug-likeness (QED) is 0.670. The molecule has 0 saturated heterocycles. The van der Waals surface area contributed by atoms with Crippen LogP contribution in [0.3, 0.4) is 0 Å². The second-order valence-corrected chi connectivity index (χ2v) is 5.85. The summed E-state index contributed by atoms with van der Waals surface area (Å²) < 4.78 is 2.78. The highest BCUT2D eigenvalue weighted by molar-refractivity contribution is 7.16. The van der Waals surface area contributed by atoms with E-state index in [1.54, 1.807) is 4.57 Å². The Morgan fingerprint density at radius 1 is 1.27 bits per heavy atom. The Balaban J connectivity index is 2.73. The molecule has 2 rings (SSSR count). The number of hydrogen-bond acceptors (Lipinski definition) is 2. The first-order valence-electron chi connectivity index (χ1n) is 4.99. The normalized spacial score (nSPS) is 12.3. The molecule has 0 N–H and O–H groups in total. The fraction of sp³-hybridized carbons (Fsp3) is 0.417. The smallest absolute Gasteiger partial charge is 0.302 e. The molecule has 0 aliphatic rings. The molecule has 1 aromatic carbocycles. The van der Waals surface area contributed by atoms with Gasteiger partial charge in [0.2, 0.25) is 0 Å². The van der Waals surface area contributed by atoms with Gasteiger partial charge in [-0.05, 0) is 23.1 Å². The van der Waals surface area contributed by atoms with E-state index in [2.05, 4.69) is 32.9 Å². The summed E-state index contributed by atoms with van der Waals surface area (Å²) >= 11 is 1.32. The summed E-state index contributed by atoms with van der Waals surface area (Å²) in [4.78, 5) is 11.6. The van der Waals surface area contributed by atoms with E-state index in [1.165, 1.54) is 16.9 Å². The molecule has 80 valence electrons. The summed E-state index contributed by atoms with van der Waals surface area (Å²) in [5.74, 6) is 0. The Hall–Kier alpha value is -1.09. The van der Waals surface area contributed by atoms with Crippen molar-refractivity contribution in [3.63, 3.8) is 0 Å². The molecular formula is C12H15NOS. The molecule has 0 aliphatic heterocycles. The number of aromatic nitrogens is 1. The predicted octanol–water partition coefficient (Wildman–Crippen LogP) is 2.90. The van der Waals surface area contributed by atoms with Crippen LogP contribution < -0.4 is 4.87 Å². The first-order valence-corrected chi connectivity index (χ1v) is 5.81. The molecule has 2 aromatic rings. The van der Waals surface area contributed by atoms with Gasteiger partial charge in [0.15, 0.2) is 0 Å². The molecule has 2 nitrogen and oxygen atoms in total. The van der Waals surface area contributed by atoms with Crippen LogP contribution in [-0.4, -0.2) is 4.57 Å². The van der Waals surface area contributed by atoms with Gasteiger partial charge >= 0.3 is 4.87 Å². The van der Waals surface area contributed by atoms with Crippen LogP contribution in [0.5, 0.6) is 0 Å². The molecule has 0 spiro atoms. The van der Waals surface area contributed by atoms with Crippen LogP contribution in [0.2, 0.25) is 0 Å². The van der Waals surface area contributed by atoms with Gasteiger partial charge in [-0.1, -0.05) is 38.2 Å². The van der Waals surface area contributed by atoms with Gasteiger partial charge < -0.3 is 4.57 Å². The van der Waals surface area contributed by atoms with Crippen molar-refractivity contribution >= 4 is 21.6 Å². The Bertz CT molecular complexity index is 557. The molecule has 0 unspecified atom stereocenters. The lowest BCUT2D eigenvalue weighted by molar-refractivity contribution is 0.591.